The quantitative estimate of drug-likeness (QED) is 0.183. The van der Waals surface area contributed by atoms with Gasteiger partial charge in [-0.25, -0.2) is 9.07 Å². The molecule has 234 valence electrons. The van der Waals surface area contributed by atoms with Gasteiger partial charge in [0.25, 0.3) is 0 Å². The van der Waals surface area contributed by atoms with Crippen molar-refractivity contribution in [3.05, 3.63) is 81.7 Å². The Balaban J connectivity index is 1.51. The highest BCUT2D eigenvalue weighted by Crippen LogP contribution is 2.37. The molecule has 0 bridgehead atoms. The van der Waals surface area contributed by atoms with Gasteiger partial charge in [0, 0.05) is 43.8 Å². The number of rotatable bonds is 11. The summed E-state index contributed by atoms with van der Waals surface area (Å²) in [5.74, 6) is -2.52. The summed E-state index contributed by atoms with van der Waals surface area (Å²) in [4.78, 5) is 12.8. The van der Waals surface area contributed by atoms with Crippen molar-refractivity contribution in [2.24, 2.45) is 0 Å². The number of fused-ring (bicyclic) bond motifs is 2. The van der Waals surface area contributed by atoms with Crippen molar-refractivity contribution in [1.29, 1.82) is 0 Å². The van der Waals surface area contributed by atoms with Crippen LogP contribution in [0.1, 0.15) is 65.5 Å². The number of aryl methyl sites for hydroxylation is 3. The average Bonchev–Trinajstić information content (AvgIpc) is 3.38. The van der Waals surface area contributed by atoms with Gasteiger partial charge in [-0.15, -0.1) is 5.10 Å². The van der Waals surface area contributed by atoms with E-state index in [0.717, 1.165) is 44.6 Å². The predicted octanol–water partition coefficient (Wildman–Crippen LogP) is 4.39. The number of carbonyl (C=O) groups excluding carboxylic acids is 1. The molecule has 5 rings (SSSR count). The van der Waals surface area contributed by atoms with Crippen molar-refractivity contribution < 1.29 is 36.7 Å². The summed E-state index contributed by atoms with van der Waals surface area (Å²) < 4.78 is 53.6. The summed E-state index contributed by atoms with van der Waals surface area (Å²) in [5, 5.41) is 27.7. The molecular formula is C31H35FN4O7S. The number of ether oxygens (including phenoxy) is 1. The Hall–Kier alpha value is -4.07. The van der Waals surface area contributed by atoms with Gasteiger partial charge < -0.3 is 19.1 Å². The van der Waals surface area contributed by atoms with E-state index in [1.54, 1.807) is 11.6 Å². The van der Waals surface area contributed by atoms with E-state index in [-0.39, 0.29) is 50.0 Å². The molecule has 2 heterocycles. The van der Waals surface area contributed by atoms with E-state index in [0.29, 0.717) is 24.0 Å². The van der Waals surface area contributed by atoms with Gasteiger partial charge in [0.05, 0.1) is 18.5 Å². The number of hydrogen-bond donors (Lipinski definition) is 2. The zero-order chi connectivity index (χ0) is 31.6. The lowest BCUT2D eigenvalue weighted by Crippen LogP contribution is -2.37. The smallest absolute Gasteiger partial charge is 0.385 e. The lowest BCUT2D eigenvalue weighted by molar-refractivity contribution is -0.143. The Morgan fingerprint density at radius 3 is 2.70 bits per heavy atom. The first kappa shape index (κ1) is 31.4. The van der Waals surface area contributed by atoms with Gasteiger partial charge in [-0.1, -0.05) is 29.5 Å². The maximum absolute atomic E-state index is 14.3. The summed E-state index contributed by atoms with van der Waals surface area (Å²) in [7, 11) is -4.33. The van der Waals surface area contributed by atoms with Crippen molar-refractivity contribution in [1.82, 2.24) is 19.3 Å². The predicted molar refractivity (Wildman–Crippen MR) is 160 cm³/mol. The first-order valence-corrected chi connectivity index (χ1v) is 15.8. The summed E-state index contributed by atoms with van der Waals surface area (Å²) >= 11 is 0. The second-order valence-electron chi connectivity index (χ2n) is 10.9. The minimum atomic E-state index is -4.33. The topological polar surface area (TPSA) is 144 Å². The molecule has 1 aliphatic heterocycles. The van der Waals surface area contributed by atoms with E-state index in [1.165, 1.54) is 6.07 Å². The first-order valence-electron chi connectivity index (χ1n) is 14.4. The van der Waals surface area contributed by atoms with Crippen LogP contribution >= 0.6 is 0 Å². The molecular weight excluding hydrogens is 591 g/mol. The van der Waals surface area contributed by atoms with Crippen molar-refractivity contribution in [2.75, 3.05) is 13.2 Å². The van der Waals surface area contributed by atoms with Crippen molar-refractivity contribution >= 4 is 27.3 Å². The molecule has 3 aromatic carbocycles. The van der Waals surface area contributed by atoms with Gasteiger partial charge in [0.2, 0.25) is 0 Å². The molecule has 11 nitrogen and oxygen atoms in total. The number of esters is 1. The molecule has 13 heteroatoms. The number of nitrogens with zero attached hydrogens (tertiary/aromatic N) is 4. The Labute approximate surface area is 255 Å². The number of phenols is 1. The zero-order valence-corrected chi connectivity index (χ0v) is 25.6. The maximum atomic E-state index is 14.3. The second kappa shape index (κ2) is 12.9. The molecule has 0 aliphatic carbocycles. The van der Waals surface area contributed by atoms with Crippen LogP contribution in [-0.4, -0.2) is 57.1 Å². The number of phenolic OH excluding ortho intramolecular Hbond substituents is 1. The third kappa shape index (κ3) is 6.40. The minimum absolute atomic E-state index is 0.0460. The highest BCUT2D eigenvalue weighted by molar-refractivity contribution is 7.84. The monoisotopic (exact) mass is 626 g/mol. The number of hydrogen-bond acceptors (Lipinski definition) is 9. The van der Waals surface area contributed by atoms with Gasteiger partial charge >= 0.3 is 16.3 Å². The summed E-state index contributed by atoms with van der Waals surface area (Å²) in [6, 6.07) is 11.6. The zero-order valence-electron chi connectivity index (χ0n) is 24.8. The fourth-order valence-corrected chi connectivity index (χ4v) is 6.67. The number of carbonyl (C=O) groups is 1. The van der Waals surface area contributed by atoms with E-state index in [1.807, 2.05) is 44.2 Å². The number of aromatic hydroxyl groups is 1. The van der Waals surface area contributed by atoms with E-state index in [9.17, 15) is 22.7 Å². The van der Waals surface area contributed by atoms with Crippen molar-refractivity contribution in [2.45, 2.75) is 65.6 Å². The minimum Gasteiger partial charge on any atom is -0.508 e. The van der Waals surface area contributed by atoms with Crippen LogP contribution in [-0.2, 0) is 39.5 Å². The number of aliphatic hydroxyl groups excluding tert-OH is 1. The lowest BCUT2D eigenvalue weighted by atomic mass is 9.84. The van der Waals surface area contributed by atoms with Crippen LogP contribution in [0, 0.1) is 19.7 Å². The fraction of sp³-hybridized carbons (Fsp3) is 0.387. The lowest BCUT2D eigenvalue weighted by Gasteiger charge is -2.29. The van der Waals surface area contributed by atoms with Gasteiger partial charge in [-0.2, -0.15) is 12.7 Å². The van der Waals surface area contributed by atoms with Crippen LogP contribution in [0.4, 0.5) is 4.39 Å². The number of unbranched alkanes of at least 4 members (excludes halogenated alkanes) is 1. The SMILES string of the molecule is CCOC(=O)CC(c1ccc(C)c(CN2Cc3cc(O)cc(F)c3OS2(=O)=O)c1)c1ccc2c(nnn2CCCCO)c1C. The van der Waals surface area contributed by atoms with E-state index in [4.69, 9.17) is 14.0 Å². The number of halogens is 1. The third-order valence-corrected chi connectivity index (χ3v) is 9.16. The van der Waals surface area contributed by atoms with E-state index >= 15 is 0 Å². The Kier molecular flexibility index (Phi) is 9.18. The fourth-order valence-electron chi connectivity index (χ4n) is 5.57. The van der Waals surface area contributed by atoms with Gasteiger partial charge in [-0.05, 0) is 73.6 Å². The Bertz CT molecular complexity index is 1810. The second-order valence-corrected chi connectivity index (χ2v) is 12.4. The maximum Gasteiger partial charge on any atom is 0.385 e. The number of benzene rings is 3. The largest absolute Gasteiger partial charge is 0.508 e. The van der Waals surface area contributed by atoms with Crippen LogP contribution in [0.3, 0.4) is 0 Å². The normalized spacial score (nSPS) is 15.1. The molecule has 0 radical (unpaired) electrons. The molecule has 0 amide bonds. The molecule has 4 aromatic rings. The molecule has 0 spiro atoms. The Morgan fingerprint density at radius 1 is 1.16 bits per heavy atom. The van der Waals surface area contributed by atoms with Crippen molar-refractivity contribution in [3.8, 4) is 11.5 Å². The summed E-state index contributed by atoms with van der Waals surface area (Å²) in [5.41, 5.74) is 5.73. The van der Waals surface area contributed by atoms with Gasteiger partial charge in [0.15, 0.2) is 11.6 Å². The number of aromatic nitrogens is 3. The number of aliphatic hydroxyl groups is 1. The summed E-state index contributed by atoms with van der Waals surface area (Å²) in [6.45, 7) is 6.21. The van der Waals surface area contributed by atoms with Gasteiger partial charge in [-0.3, -0.25) is 4.79 Å². The highest BCUT2D eigenvalue weighted by Gasteiger charge is 2.34. The first-order chi connectivity index (χ1) is 21.0. The molecule has 1 unspecified atom stereocenters. The van der Waals surface area contributed by atoms with Crippen LogP contribution < -0.4 is 4.18 Å². The van der Waals surface area contributed by atoms with E-state index in [2.05, 4.69) is 10.3 Å². The van der Waals surface area contributed by atoms with Gasteiger partial charge in [0.1, 0.15) is 11.3 Å². The molecule has 2 N–H and O–H groups in total. The standard InChI is InChI=1S/C31H35FN4O7S/c1-4-42-29(39)16-26(25-9-10-28-30(20(25)3)33-34-36(28)11-5-6-12-37)21-8-7-19(2)22(13-21)17-35-18-23-14-24(38)15-27(32)31(23)43-44(35,40)41/h7-10,13-15,26,37-38H,4-6,11-12,16-18H2,1-3H3. The van der Waals surface area contributed by atoms with Crippen LogP contribution in [0.2, 0.25) is 0 Å². The Morgan fingerprint density at radius 2 is 1.95 bits per heavy atom. The summed E-state index contributed by atoms with van der Waals surface area (Å²) in [6.07, 6.45) is 1.46. The van der Waals surface area contributed by atoms with Crippen LogP contribution in [0.5, 0.6) is 11.5 Å². The third-order valence-electron chi connectivity index (χ3n) is 7.89. The van der Waals surface area contributed by atoms with E-state index < -0.39 is 27.8 Å². The molecule has 44 heavy (non-hydrogen) atoms. The molecule has 0 fully saturated rings. The molecule has 0 saturated carbocycles. The molecule has 0 saturated heterocycles. The highest BCUT2D eigenvalue weighted by atomic mass is 32.2. The van der Waals surface area contributed by atoms with Crippen molar-refractivity contribution in [3.63, 3.8) is 0 Å². The molecule has 1 aromatic heterocycles. The molecule has 1 atom stereocenters. The average molecular weight is 627 g/mol. The molecule has 1 aliphatic rings. The van der Waals surface area contributed by atoms with Crippen LogP contribution in [0.25, 0.3) is 11.0 Å². The van der Waals surface area contributed by atoms with Crippen LogP contribution in [0.15, 0.2) is 42.5 Å².